The highest BCUT2D eigenvalue weighted by atomic mass is 35.5. The molecule has 0 radical (unpaired) electrons. The first-order chi connectivity index (χ1) is 12.6. The first kappa shape index (κ1) is 17.7. The highest BCUT2D eigenvalue weighted by molar-refractivity contribution is 6.42. The summed E-state index contributed by atoms with van der Waals surface area (Å²) in [6, 6.07) is 10.0. The third kappa shape index (κ3) is 3.41. The van der Waals surface area contributed by atoms with E-state index in [1.165, 1.54) is 28.8 Å². The zero-order valence-corrected chi connectivity index (χ0v) is 15.7. The molecule has 0 atom stereocenters. The minimum Gasteiger partial charge on any atom is -0.492 e. The zero-order chi connectivity index (χ0) is 18.1. The van der Waals surface area contributed by atoms with Gasteiger partial charge >= 0.3 is 0 Å². The van der Waals surface area contributed by atoms with E-state index in [1.54, 1.807) is 12.1 Å². The van der Waals surface area contributed by atoms with Crippen LogP contribution in [-0.2, 0) is 19.4 Å². The lowest BCUT2D eigenvalue weighted by molar-refractivity contribution is 0.298. The normalized spacial score (nSPS) is 14.3. The van der Waals surface area contributed by atoms with E-state index >= 15 is 0 Å². The summed E-state index contributed by atoms with van der Waals surface area (Å²) >= 11 is 12.5. The second kappa shape index (κ2) is 7.47. The number of rotatable bonds is 4. The largest absolute Gasteiger partial charge is 0.492 e. The number of nitrogens with one attached hydrogen (secondary N) is 1. The Labute approximate surface area is 161 Å². The van der Waals surface area contributed by atoms with Crippen molar-refractivity contribution in [2.75, 3.05) is 19.7 Å². The maximum atomic E-state index is 13.0. The molecule has 26 heavy (non-hydrogen) atoms. The Hall–Kier alpha value is -1.75. The molecule has 0 saturated heterocycles. The molecule has 136 valence electrons. The molecule has 4 rings (SSSR count). The molecule has 1 aliphatic heterocycles. The van der Waals surface area contributed by atoms with Crippen molar-refractivity contribution in [2.45, 2.75) is 19.4 Å². The SMILES string of the molecule is Fc1ccc(OCCn2c3c(c4cc(Cl)c(Cl)cc42)CCNCC3)cc1. The minimum absolute atomic E-state index is 0.266. The predicted octanol–water partition coefficient (Wildman–Crippen LogP) is 4.85. The lowest BCUT2D eigenvalue weighted by Crippen LogP contribution is -2.18. The summed E-state index contributed by atoms with van der Waals surface area (Å²) in [5, 5.41) is 5.76. The summed E-state index contributed by atoms with van der Waals surface area (Å²) in [6.45, 7) is 3.10. The van der Waals surface area contributed by atoms with Gasteiger partial charge in [0.05, 0.1) is 22.1 Å². The number of hydrogen-bond acceptors (Lipinski definition) is 2. The van der Waals surface area contributed by atoms with Crippen molar-refractivity contribution >= 4 is 34.1 Å². The number of halogens is 3. The molecule has 1 aromatic heterocycles. The van der Waals surface area contributed by atoms with Crippen LogP contribution in [0, 0.1) is 5.82 Å². The van der Waals surface area contributed by atoms with E-state index < -0.39 is 0 Å². The molecule has 2 aromatic carbocycles. The molecule has 3 nitrogen and oxygen atoms in total. The van der Waals surface area contributed by atoms with Gasteiger partial charge in [0.1, 0.15) is 18.2 Å². The monoisotopic (exact) mass is 392 g/mol. The smallest absolute Gasteiger partial charge is 0.123 e. The quantitative estimate of drug-likeness (QED) is 0.686. The van der Waals surface area contributed by atoms with Crippen molar-refractivity contribution in [1.29, 1.82) is 0 Å². The fourth-order valence-electron chi connectivity index (χ4n) is 3.62. The third-order valence-corrected chi connectivity index (χ3v) is 5.54. The summed E-state index contributed by atoms with van der Waals surface area (Å²) in [7, 11) is 0. The van der Waals surface area contributed by atoms with Crippen LogP contribution in [0.1, 0.15) is 11.3 Å². The van der Waals surface area contributed by atoms with Crippen molar-refractivity contribution < 1.29 is 9.13 Å². The maximum absolute atomic E-state index is 13.0. The lowest BCUT2D eigenvalue weighted by atomic mass is 10.1. The predicted molar refractivity (Wildman–Crippen MR) is 104 cm³/mol. The average Bonchev–Trinajstić information content (AvgIpc) is 2.79. The van der Waals surface area contributed by atoms with Gasteiger partial charge in [0, 0.05) is 24.0 Å². The van der Waals surface area contributed by atoms with Gasteiger partial charge < -0.3 is 14.6 Å². The number of ether oxygens (including phenoxy) is 1. The van der Waals surface area contributed by atoms with Gasteiger partial charge in [0.25, 0.3) is 0 Å². The van der Waals surface area contributed by atoms with Gasteiger partial charge in [-0.3, -0.25) is 0 Å². The third-order valence-electron chi connectivity index (χ3n) is 4.82. The molecular weight excluding hydrogens is 374 g/mol. The summed E-state index contributed by atoms with van der Waals surface area (Å²) in [5.74, 6) is 0.398. The van der Waals surface area contributed by atoms with Crippen LogP contribution in [0.25, 0.3) is 10.9 Å². The lowest BCUT2D eigenvalue weighted by Gasteiger charge is -2.12. The summed E-state index contributed by atoms with van der Waals surface area (Å²) < 4.78 is 21.1. The fraction of sp³-hybridized carbons (Fsp3) is 0.300. The summed E-state index contributed by atoms with van der Waals surface area (Å²) in [4.78, 5) is 0. The Kier molecular flexibility index (Phi) is 5.07. The molecule has 0 amide bonds. The number of hydrogen-bond donors (Lipinski definition) is 1. The Balaban J connectivity index is 1.65. The second-order valence-electron chi connectivity index (χ2n) is 6.41. The van der Waals surface area contributed by atoms with E-state index in [-0.39, 0.29) is 5.82 Å². The van der Waals surface area contributed by atoms with E-state index in [9.17, 15) is 4.39 Å². The van der Waals surface area contributed by atoms with Crippen LogP contribution in [0.3, 0.4) is 0 Å². The zero-order valence-electron chi connectivity index (χ0n) is 14.2. The van der Waals surface area contributed by atoms with Crippen LogP contribution in [0.5, 0.6) is 5.75 Å². The number of fused-ring (bicyclic) bond motifs is 3. The van der Waals surface area contributed by atoms with E-state index in [0.29, 0.717) is 28.9 Å². The molecule has 1 N–H and O–H groups in total. The van der Waals surface area contributed by atoms with E-state index in [4.69, 9.17) is 27.9 Å². The Morgan fingerprint density at radius 3 is 2.58 bits per heavy atom. The van der Waals surface area contributed by atoms with Gasteiger partial charge in [-0.25, -0.2) is 4.39 Å². The van der Waals surface area contributed by atoms with Crippen LogP contribution in [0.4, 0.5) is 4.39 Å². The van der Waals surface area contributed by atoms with Crippen molar-refractivity contribution in [2.24, 2.45) is 0 Å². The highest BCUT2D eigenvalue weighted by Gasteiger charge is 2.20. The summed E-state index contributed by atoms with van der Waals surface area (Å²) in [6.07, 6.45) is 1.92. The van der Waals surface area contributed by atoms with Gasteiger partial charge in [-0.1, -0.05) is 23.2 Å². The molecular formula is C20H19Cl2FN2O. The van der Waals surface area contributed by atoms with Gasteiger partial charge in [-0.05, 0) is 54.9 Å². The molecule has 0 fully saturated rings. The van der Waals surface area contributed by atoms with Crippen molar-refractivity contribution in [1.82, 2.24) is 9.88 Å². The average molecular weight is 393 g/mol. The van der Waals surface area contributed by atoms with E-state index in [2.05, 4.69) is 9.88 Å². The van der Waals surface area contributed by atoms with Crippen molar-refractivity contribution in [3.8, 4) is 5.75 Å². The van der Waals surface area contributed by atoms with Gasteiger partial charge in [0.15, 0.2) is 0 Å². The fourth-order valence-corrected chi connectivity index (χ4v) is 3.94. The second-order valence-corrected chi connectivity index (χ2v) is 7.23. The van der Waals surface area contributed by atoms with Gasteiger partial charge in [-0.2, -0.15) is 0 Å². The topological polar surface area (TPSA) is 26.2 Å². The first-order valence-corrected chi connectivity index (χ1v) is 9.47. The van der Waals surface area contributed by atoms with Gasteiger partial charge in [-0.15, -0.1) is 0 Å². The molecule has 0 saturated carbocycles. The molecule has 0 aliphatic carbocycles. The highest BCUT2D eigenvalue weighted by Crippen LogP contribution is 2.34. The van der Waals surface area contributed by atoms with Crippen LogP contribution in [0.15, 0.2) is 36.4 Å². The Morgan fingerprint density at radius 2 is 1.77 bits per heavy atom. The first-order valence-electron chi connectivity index (χ1n) is 8.71. The van der Waals surface area contributed by atoms with Crippen molar-refractivity contribution in [3.63, 3.8) is 0 Å². The van der Waals surface area contributed by atoms with Crippen LogP contribution in [-0.4, -0.2) is 24.3 Å². The van der Waals surface area contributed by atoms with Crippen LogP contribution >= 0.6 is 23.2 Å². The van der Waals surface area contributed by atoms with Crippen LogP contribution < -0.4 is 10.1 Å². The van der Waals surface area contributed by atoms with Crippen molar-refractivity contribution in [3.05, 3.63) is 63.5 Å². The molecule has 6 heteroatoms. The molecule has 0 spiro atoms. The molecule has 2 heterocycles. The number of nitrogens with zero attached hydrogens (tertiary/aromatic N) is 1. The standard InChI is InChI=1S/C20H19Cl2FN2O/c21-17-11-16-15-5-7-24-8-6-19(15)25(20(16)12-18(17)22)9-10-26-14-3-1-13(23)2-4-14/h1-4,11-12,24H,5-10H2. The molecule has 0 unspecified atom stereocenters. The molecule has 1 aliphatic rings. The molecule has 0 bridgehead atoms. The summed E-state index contributed by atoms with van der Waals surface area (Å²) in [5.41, 5.74) is 3.74. The Morgan fingerprint density at radius 1 is 1.04 bits per heavy atom. The van der Waals surface area contributed by atoms with Gasteiger partial charge in [0.2, 0.25) is 0 Å². The maximum Gasteiger partial charge on any atom is 0.123 e. The molecule has 3 aromatic rings. The van der Waals surface area contributed by atoms with Crippen LogP contribution in [0.2, 0.25) is 10.0 Å². The van der Waals surface area contributed by atoms with E-state index in [0.717, 1.165) is 31.4 Å². The number of aromatic nitrogens is 1. The number of benzene rings is 2. The Bertz CT molecular complexity index is 937. The minimum atomic E-state index is -0.266. The van der Waals surface area contributed by atoms with E-state index in [1.807, 2.05) is 12.1 Å².